The van der Waals surface area contributed by atoms with E-state index in [4.69, 9.17) is 4.74 Å². The van der Waals surface area contributed by atoms with Crippen LogP contribution in [0, 0.1) is 0 Å². The highest BCUT2D eigenvalue weighted by atomic mass is 16.5. The highest BCUT2D eigenvalue weighted by Gasteiger charge is 2.48. The van der Waals surface area contributed by atoms with Gasteiger partial charge in [-0.2, -0.15) is 10.2 Å². The molecule has 1 heterocycles. The van der Waals surface area contributed by atoms with Crippen molar-refractivity contribution in [2.45, 2.75) is 12.5 Å². The molecule has 2 aromatic rings. The van der Waals surface area contributed by atoms with Crippen LogP contribution in [-0.4, -0.2) is 12.6 Å². The van der Waals surface area contributed by atoms with Gasteiger partial charge in [-0.1, -0.05) is 48.5 Å². The van der Waals surface area contributed by atoms with Crippen LogP contribution in [0.1, 0.15) is 18.1 Å². The fourth-order valence-corrected chi connectivity index (χ4v) is 2.45. The van der Waals surface area contributed by atoms with Crippen molar-refractivity contribution in [3.05, 3.63) is 65.7 Å². The Bertz CT molecular complexity index is 667. The second-order valence-electron chi connectivity index (χ2n) is 4.51. The molecular weight excluding hydrogens is 252 g/mol. The lowest BCUT2D eigenvalue weighted by atomic mass is 9.83. The summed E-state index contributed by atoms with van der Waals surface area (Å²) in [5.74, 6) is -0.389. The number of ether oxygens (including phenoxy) is 1. The van der Waals surface area contributed by atoms with E-state index in [0.29, 0.717) is 12.3 Å². The lowest BCUT2D eigenvalue weighted by molar-refractivity contribution is -0.148. The lowest BCUT2D eigenvalue weighted by Gasteiger charge is -2.24. The number of esters is 1. The summed E-state index contributed by atoms with van der Waals surface area (Å²) in [7, 11) is 0. The van der Waals surface area contributed by atoms with Crippen LogP contribution in [0.3, 0.4) is 0 Å². The molecule has 3 rings (SSSR count). The maximum absolute atomic E-state index is 12.6. The first kappa shape index (κ1) is 12.5. The van der Waals surface area contributed by atoms with Gasteiger partial charge in [0.1, 0.15) is 0 Å². The second kappa shape index (κ2) is 4.89. The van der Waals surface area contributed by atoms with Crippen molar-refractivity contribution < 1.29 is 9.53 Å². The molecule has 20 heavy (non-hydrogen) atoms. The molecule has 0 fully saturated rings. The molecule has 1 aliphatic heterocycles. The molecule has 2 aromatic carbocycles. The predicted molar refractivity (Wildman–Crippen MR) is 74.8 cm³/mol. The second-order valence-corrected chi connectivity index (χ2v) is 4.51. The van der Waals surface area contributed by atoms with Crippen molar-refractivity contribution in [2.24, 2.45) is 10.2 Å². The summed E-state index contributed by atoms with van der Waals surface area (Å²) >= 11 is 0. The molecule has 0 saturated carbocycles. The fraction of sp³-hybridized carbons (Fsp3) is 0.188. The van der Waals surface area contributed by atoms with E-state index in [0.717, 1.165) is 11.1 Å². The number of hydrogen-bond acceptors (Lipinski definition) is 4. The van der Waals surface area contributed by atoms with Crippen LogP contribution < -0.4 is 0 Å². The summed E-state index contributed by atoms with van der Waals surface area (Å²) in [6.07, 6.45) is 0. The van der Waals surface area contributed by atoms with Gasteiger partial charge < -0.3 is 4.74 Å². The van der Waals surface area contributed by atoms with E-state index in [9.17, 15) is 4.79 Å². The molecule has 1 aliphatic rings. The minimum atomic E-state index is -1.17. The number of fused-ring (bicyclic) bond motifs is 1. The molecule has 0 aliphatic carbocycles. The van der Waals surface area contributed by atoms with Crippen LogP contribution in [0.2, 0.25) is 0 Å². The molecule has 0 bridgehead atoms. The van der Waals surface area contributed by atoms with Gasteiger partial charge in [0.15, 0.2) is 0 Å². The van der Waals surface area contributed by atoms with E-state index in [1.165, 1.54) is 0 Å². The van der Waals surface area contributed by atoms with Crippen LogP contribution >= 0.6 is 0 Å². The minimum Gasteiger partial charge on any atom is -0.464 e. The summed E-state index contributed by atoms with van der Waals surface area (Å²) in [6, 6.07) is 16.9. The van der Waals surface area contributed by atoms with E-state index in [1.807, 2.05) is 54.6 Å². The van der Waals surface area contributed by atoms with Crippen molar-refractivity contribution >= 4 is 11.7 Å². The molecule has 0 spiro atoms. The Balaban J connectivity index is 2.22. The molecule has 0 aromatic heterocycles. The average molecular weight is 266 g/mol. The average Bonchev–Trinajstić information content (AvgIpc) is 2.89. The van der Waals surface area contributed by atoms with Gasteiger partial charge >= 0.3 is 5.97 Å². The largest absolute Gasteiger partial charge is 0.464 e. The molecule has 100 valence electrons. The number of carbonyl (C=O) groups excluding carboxylic acids is 1. The van der Waals surface area contributed by atoms with Crippen molar-refractivity contribution in [2.75, 3.05) is 6.61 Å². The van der Waals surface area contributed by atoms with Gasteiger partial charge in [0, 0.05) is 5.56 Å². The SMILES string of the molecule is CCOC(=O)C1(c2ccccc2)N=Nc2ccccc21. The number of rotatable bonds is 3. The van der Waals surface area contributed by atoms with Crippen molar-refractivity contribution in [3.63, 3.8) is 0 Å². The van der Waals surface area contributed by atoms with Gasteiger partial charge in [-0.15, -0.1) is 0 Å². The molecule has 0 saturated heterocycles. The van der Waals surface area contributed by atoms with Crippen molar-refractivity contribution in [1.82, 2.24) is 0 Å². The highest BCUT2D eigenvalue weighted by Crippen LogP contribution is 2.45. The summed E-state index contributed by atoms with van der Waals surface area (Å²) in [6.45, 7) is 2.10. The van der Waals surface area contributed by atoms with Gasteiger partial charge in [-0.05, 0) is 18.6 Å². The molecule has 0 radical (unpaired) electrons. The Morgan fingerprint density at radius 1 is 1.10 bits per heavy atom. The lowest BCUT2D eigenvalue weighted by Crippen LogP contribution is -2.35. The Morgan fingerprint density at radius 3 is 2.55 bits per heavy atom. The van der Waals surface area contributed by atoms with Crippen molar-refractivity contribution in [3.8, 4) is 0 Å². The third-order valence-electron chi connectivity index (χ3n) is 3.36. The van der Waals surface area contributed by atoms with Crippen LogP contribution in [0.4, 0.5) is 5.69 Å². The quantitative estimate of drug-likeness (QED) is 0.797. The number of carbonyl (C=O) groups is 1. The number of benzene rings is 2. The maximum atomic E-state index is 12.6. The first-order valence-electron chi connectivity index (χ1n) is 6.54. The summed E-state index contributed by atoms with van der Waals surface area (Å²) in [5.41, 5.74) is 1.08. The molecule has 0 amide bonds. The molecule has 4 nitrogen and oxygen atoms in total. The highest BCUT2D eigenvalue weighted by molar-refractivity contribution is 5.90. The van der Waals surface area contributed by atoms with Gasteiger partial charge in [-0.25, -0.2) is 4.79 Å². The van der Waals surface area contributed by atoms with Crippen LogP contribution in [0.25, 0.3) is 0 Å². The van der Waals surface area contributed by atoms with Crippen LogP contribution in [-0.2, 0) is 15.1 Å². The zero-order chi connectivity index (χ0) is 14.0. The summed E-state index contributed by atoms with van der Waals surface area (Å²) in [5, 5.41) is 8.43. The number of nitrogens with zero attached hydrogens (tertiary/aromatic N) is 2. The first-order valence-corrected chi connectivity index (χ1v) is 6.54. The smallest absolute Gasteiger partial charge is 0.345 e. The number of hydrogen-bond donors (Lipinski definition) is 0. The number of azo groups is 1. The molecule has 1 atom stereocenters. The molecule has 0 N–H and O–H groups in total. The van der Waals surface area contributed by atoms with Gasteiger partial charge in [0.05, 0.1) is 12.3 Å². The monoisotopic (exact) mass is 266 g/mol. The summed E-state index contributed by atoms with van der Waals surface area (Å²) in [4.78, 5) is 12.6. The fourth-order valence-electron chi connectivity index (χ4n) is 2.45. The van der Waals surface area contributed by atoms with Crippen LogP contribution in [0.5, 0.6) is 0 Å². The minimum absolute atomic E-state index is 0.311. The maximum Gasteiger partial charge on any atom is 0.345 e. The topological polar surface area (TPSA) is 51.0 Å². The van der Waals surface area contributed by atoms with Gasteiger partial charge in [-0.3, -0.25) is 0 Å². The van der Waals surface area contributed by atoms with Crippen molar-refractivity contribution in [1.29, 1.82) is 0 Å². The third-order valence-corrected chi connectivity index (χ3v) is 3.36. The van der Waals surface area contributed by atoms with E-state index in [-0.39, 0.29) is 5.97 Å². The molecular formula is C16H14N2O2. The van der Waals surface area contributed by atoms with Gasteiger partial charge in [0.25, 0.3) is 0 Å². The Kier molecular flexibility index (Phi) is 3.06. The van der Waals surface area contributed by atoms with Crippen LogP contribution in [0.15, 0.2) is 64.8 Å². The zero-order valence-corrected chi connectivity index (χ0v) is 11.1. The van der Waals surface area contributed by atoms with E-state index in [2.05, 4.69) is 10.2 Å². The predicted octanol–water partition coefficient (Wildman–Crippen LogP) is 3.59. The van der Waals surface area contributed by atoms with E-state index < -0.39 is 5.54 Å². The third kappa shape index (κ3) is 1.72. The van der Waals surface area contributed by atoms with E-state index in [1.54, 1.807) is 6.92 Å². The first-order chi connectivity index (χ1) is 9.79. The standard InChI is InChI=1S/C16H14N2O2/c1-2-20-15(19)16(12-8-4-3-5-9-12)13-10-6-7-11-14(13)17-18-16/h3-11H,2H2,1H3. The molecule has 1 unspecified atom stereocenters. The Hall–Kier alpha value is -2.49. The Labute approximate surface area is 117 Å². The Morgan fingerprint density at radius 2 is 1.80 bits per heavy atom. The van der Waals surface area contributed by atoms with E-state index >= 15 is 0 Å². The normalized spacial score (nSPS) is 19.6. The zero-order valence-electron chi connectivity index (χ0n) is 11.1. The molecule has 4 heteroatoms. The van der Waals surface area contributed by atoms with Gasteiger partial charge in [0.2, 0.25) is 5.54 Å². The summed E-state index contributed by atoms with van der Waals surface area (Å²) < 4.78 is 5.25.